The maximum Gasteiger partial charge on any atom is 0.225 e. The molecule has 4 rings (SSSR count). The highest BCUT2D eigenvalue weighted by molar-refractivity contribution is 7.18. The predicted octanol–water partition coefficient (Wildman–Crippen LogP) is 3.97. The van der Waals surface area contributed by atoms with Crippen LogP contribution < -0.4 is 10.6 Å². The van der Waals surface area contributed by atoms with Gasteiger partial charge in [-0.2, -0.15) is 0 Å². The molecule has 2 heterocycles. The third-order valence-electron chi connectivity index (χ3n) is 4.53. The molecule has 0 aliphatic carbocycles. The number of para-hydroxylation sites is 1. The number of fused-ring (bicyclic) bond motifs is 1. The molecule has 2 aromatic carbocycles. The van der Waals surface area contributed by atoms with E-state index < -0.39 is 0 Å². The molecule has 1 unspecified atom stereocenters. The van der Waals surface area contributed by atoms with Gasteiger partial charge in [0.15, 0.2) is 0 Å². The Morgan fingerprint density at radius 2 is 2.04 bits per heavy atom. The predicted molar refractivity (Wildman–Crippen MR) is 103 cm³/mol. The fourth-order valence-corrected chi connectivity index (χ4v) is 4.24. The summed E-state index contributed by atoms with van der Waals surface area (Å²) in [7, 11) is 0. The Balaban J connectivity index is 1.37. The number of carbonyl (C=O) groups is 1. The van der Waals surface area contributed by atoms with Crippen molar-refractivity contribution in [2.24, 2.45) is 0 Å². The van der Waals surface area contributed by atoms with Crippen molar-refractivity contribution in [3.8, 4) is 0 Å². The largest absolute Gasteiger partial charge is 0.326 e. The van der Waals surface area contributed by atoms with Gasteiger partial charge < -0.3 is 10.6 Å². The number of nitrogens with one attached hydrogen (secondary N) is 2. The lowest BCUT2D eigenvalue weighted by Gasteiger charge is -2.10. The number of nitrogens with zero attached hydrogens (tertiary/aromatic N) is 1. The first-order valence-corrected chi connectivity index (χ1v) is 9.54. The van der Waals surface area contributed by atoms with Crippen molar-refractivity contribution in [2.45, 2.75) is 31.7 Å². The van der Waals surface area contributed by atoms with Crippen LogP contribution in [0, 0.1) is 0 Å². The molecule has 1 fully saturated rings. The summed E-state index contributed by atoms with van der Waals surface area (Å²) < 4.78 is 1.22. The zero-order chi connectivity index (χ0) is 17.1. The Bertz CT molecular complexity index is 833. The average Bonchev–Trinajstić information content (AvgIpc) is 3.25. The molecule has 0 spiro atoms. The SMILES string of the molecule is O=C(CC1CCCN1)Nc1ccc(Cc2nc3ccccc3s2)cc1. The first-order valence-electron chi connectivity index (χ1n) is 8.73. The highest BCUT2D eigenvalue weighted by Gasteiger charge is 2.17. The van der Waals surface area contributed by atoms with Gasteiger partial charge in [-0.15, -0.1) is 11.3 Å². The van der Waals surface area contributed by atoms with Gasteiger partial charge in [-0.25, -0.2) is 4.98 Å². The van der Waals surface area contributed by atoms with Gasteiger partial charge in [-0.1, -0.05) is 24.3 Å². The minimum Gasteiger partial charge on any atom is -0.326 e. The van der Waals surface area contributed by atoms with Gasteiger partial charge in [0.1, 0.15) is 0 Å². The Morgan fingerprint density at radius 3 is 2.80 bits per heavy atom. The topological polar surface area (TPSA) is 54.0 Å². The first kappa shape index (κ1) is 16.2. The standard InChI is InChI=1S/C20H21N3OS/c24-19(13-16-4-3-11-21-16)22-15-9-7-14(8-10-15)12-20-23-17-5-1-2-6-18(17)25-20/h1-2,5-10,16,21H,3-4,11-13H2,(H,22,24). The second kappa shape index (κ2) is 7.33. The minimum absolute atomic E-state index is 0.0818. The van der Waals surface area contributed by atoms with Crippen LogP contribution in [-0.2, 0) is 11.2 Å². The fourth-order valence-electron chi connectivity index (χ4n) is 3.24. The maximum atomic E-state index is 12.1. The molecule has 25 heavy (non-hydrogen) atoms. The summed E-state index contributed by atoms with van der Waals surface area (Å²) in [5.41, 5.74) is 3.12. The lowest BCUT2D eigenvalue weighted by molar-refractivity contribution is -0.116. The molecule has 1 aliphatic rings. The fraction of sp³-hybridized carbons (Fsp3) is 0.300. The van der Waals surface area contributed by atoms with Crippen LogP contribution in [0.5, 0.6) is 0 Å². The molecular weight excluding hydrogens is 330 g/mol. The lowest BCUT2D eigenvalue weighted by atomic mass is 10.1. The molecule has 5 heteroatoms. The van der Waals surface area contributed by atoms with Crippen molar-refractivity contribution in [1.82, 2.24) is 10.3 Å². The molecule has 3 aromatic rings. The zero-order valence-corrected chi connectivity index (χ0v) is 14.8. The molecule has 0 bridgehead atoms. The average molecular weight is 351 g/mol. The van der Waals surface area contributed by atoms with Crippen molar-refractivity contribution in [3.63, 3.8) is 0 Å². The van der Waals surface area contributed by atoms with Crippen molar-refractivity contribution in [2.75, 3.05) is 11.9 Å². The number of hydrogen-bond acceptors (Lipinski definition) is 4. The molecule has 1 amide bonds. The van der Waals surface area contributed by atoms with Crippen LogP contribution in [-0.4, -0.2) is 23.5 Å². The van der Waals surface area contributed by atoms with Crippen molar-refractivity contribution in [1.29, 1.82) is 0 Å². The number of amides is 1. The number of anilines is 1. The molecule has 0 saturated carbocycles. The van der Waals surface area contributed by atoms with Crippen LogP contribution in [0.25, 0.3) is 10.2 Å². The van der Waals surface area contributed by atoms with E-state index in [4.69, 9.17) is 0 Å². The van der Waals surface area contributed by atoms with Gasteiger partial charge in [-0.3, -0.25) is 4.79 Å². The van der Waals surface area contributed by atoms with Crippen LogP contribution in [0.1, 0.15) is 29.8 Å². The molecule has 128 valence electrons. The quantitative estimate of drug-likeness (QED) is 0.731. The second-order valence-corrected chi connectivity index (χ2v) is 7.61. The Hall–Kier alpha value is -2.24. The molecule has 2 N–H and O–H groups in total. The summed E-state index contributed by atoms with van der Waals surface area (Å²) in [6.07, 6.45) is 3.62. The molecule has 1 aromatic heterocycles. The normalized spacial score (nSPS) is 17.0. The highest BCUT2D eigenvalue weighted by atomic mass is 32.1. The number of hydrogen-bond donors (Lipinski definition) is 2. The van der Waals surface area contributed by atoms with Gasteiger partial charge in [0.2, 0.25) is 5.91 Å². The van der Waals surface area contributed by atoms with Gasteiger partial charge in [0.05, 0.1) is 15.2 Å². The zero-order valence-electron chi connectivity index (χ0n) is 14.0. The van der Waals surface area contributed by atoms with E-state index in [0.29, 0.717) is 12.5 Å². The highest BCUT2D eigenvalue weighted by Crippen LogP contribution is 2.24. The Morgan fingerprint density at radius 1 is 1.20 bits per heavy atom. The van der Waals surface area contributed by atoms with Crippen LogP contribution >= 0.6 is 11.3 Å². The molecular formula is C20H21N3OS. The second-order valence-electron chi connectivity index (χ2n) is 6.49. The van der Waals surface area contributed by atoms with E-state index in [1.54, 1.807) is 11.3 Å². The van der Waals surface area contributed by atoms with Crippen molar-refractivity contribution in [3.05, 3.63) is 59.1 Å². The van der Waals surface area contributed by atoms with Crippen molar-refractivity contribution < 1.29 is 4.79 Å². The first-order chi connectivity index (χ1) is 12.3. The molecule has 4 nitrogen and oxygen atoms in total. The van der Waals surface area contributed by atoms with Gasteiger partial charge in [-0.05, 0) is 49.2 Å². The summed E-state index contributed by atoms with van der Waals surface area (Å²) in [6, 6.07) is 16.6. The van der Waals surface area contributed by atoms with E-state index in [1.165, 1.54) is 16.7 Å². The van der Waals surface area contributed by atoms with Gasteiger partial charge in [0.25, 0.3) is 0 Å². The molecule has 0 radical (unpaired) electrons. The third kappa shape index (κ3) is 4.06. The Kier molecular flexibility index (Phi) is 4.76. The molecule has 1 saturated heterocycles. The van der Waals surface area contributed by atoms with Gasteiger partial charge in [0, 0.05) is 24.6 Å². The van der Waals surface area contributed by atoms with E-state index in [2.05, 4.69) is 33.8 Å². The van der Waals surface area contributed by atoms with Gasteiger partial charge >= 0.3 is 0 Å². The Labute approximate surface area is 151 Å². The van der Waals surface area contributed by atoms with Crippen LogP contribution in [0.4, 0.5) is 5.69 Å². The smallest absolute Gasteiger partial charge is 0.225 e. The number of aromatic nitrogens is 1. The summed E-state index contributed by atoms with van der Waals surface area (Å²) >= 11 is 1.74. The van der Waals surface area contributed by atoms with E-state index in [9.17, 15) is 4.79 Å². The van der Waals surface area contributed by atoms with Crippen LogP contribution in [0.15, 0.2) is 48.5 Å². The monoisotopic (exact) mass is 351 g/mol. The maximum absolute atomic E-state index is 12.1. The lowest BCUT2D eigenvalue weighted by Crippen LogP contribution is -2.27. The van der Waals surface area contributed by atoms with E-state index in [0.717, 1.165) is 35.6 Å². The number of carbonyl (C=O) groups excluding carboxylic acids is 1. The summed E-state index contributed by atoms with van der Waals surface area (Å²) in [5.74, 6) is 0.0818. The summed E-state index contributed by atoms with van der Waals surface area (Å²) in [4.78, 5) is 16.8. The van der Waals surface area contributed by atoms with E-state index in [-0.39, 0.29) is 5.91 Å². The number of thiazole rings is 1. The molecule has 1 aliphatic heterocycles. The third-order valence-corrected chi connectivity index (χ3v) is 5.56. The summed E-state index contributed by atoms with van der Waals surface area (Å²) in [6.45, 7) is 1.03. The molecule has 1 atom stereocenters. The van der Waals surface area contributed by atoms with Crippen LogP contribution in [0.2, 0.25) is 0 Å². The van der Waals surface area contributed by atoms with E-state index in [1.807, 2.05) is 30.3 Å². The van der Waals surface area contributed by atoms with Crippen LogP contribution in [0.3, 0.4) is 0 Å². The summed E-state index contributed by atoms with van der Waals surface area (Å²) in [5, 5.41) is 7.46. The number of benzene rings is 2. The van der Waals surface area contributed by atoms with Crippen molar-refractivity contribution >= 4 is 33.1 Å². The number of rotatable bonds is 5. The van der Waals surface area contributed by atoms with E-state index >= 15 is 0 Å². The minimum atomic E-state index is 0.0818.